The lowest BCUT2D eigenvalue weighted by molar-refractivity contribution is 0.823. The first-order valence-corrected chi connectivity index (χ1v) is 7.73. The summed E-state index contributed by atoms with van der Waals surface area (Å²) in [5.41, 5.74) is 2.09. The Morgan fingerprint density at radius 2 is 2.05 bits per heavy atom. The first kappa shape index (κ1) is 12.9. The van der Waals surface area contributed by atoms with Crippen LogP contribution < -0.4 is 0 Å². The molecule has 19 heavy (non-hydrogen) atoms. The molecule has 0 radical (unpaired) electrons. The maximum Gasteiger partial charge on any atom is 0.178 e. The number of fused-ring (bicyclic) bond motifs is 1. The molecule has 2 heterocycles. The van der Waals surface area contributed by atoms with Gasteiger partial charge in [-0.25, -0.2) is 0 Å². The fraction of sp³-hybridized carbons (Fsp3) is 0.214. The van der Waals surface area contributed by atoms with Gasteiger partial charge in [0.15, 0.2) is 4.77 Å². The highest BCUT2D eigenvalue weighted by molar-refractivity contribution is 7.71. The lowest BCUT2D eigenvalue weighted by atomic mass is 10.3. The molecule has 0 saturated carbocycles. The summed E-state index contributed by atoms with van der Waals surface area (Å²) in [6.45, 7) is 2.97. The molecule has 5 heteroatoms. The van der Waals surface area contributed by atoms with Crippen LogP contribution in [0.25, 0.3) is 11.0 Å². The SMILES string of the molecule is CCc1ccc(Cn2c(=S)[nH]c3ccc(Cl)cc32)s1. The van der Waals surface area contributed by atoms with E-state index in [2.05, 4.69) is 28.6 Å². The minimum atomic E-state index is 0.732. The summed E-state index contributed by atoms with van der Waals surface area (Å²) in [6, 6.07) is 10.2. The van der Waals surface area contributed by atoms with E-state index in [4.69, 9.17) is 23.8 Å². The first-order valence-electron chi connectivity index (χ1n) is 6.13. The highest BCUT2D eigenvalue weighted by atomic mass is 35.5. The van der Waals surface area contributed by atoms with Gasteiger partial charge in [-0.2, -0.15) is 0 Å². The number of aromatic nitrogens is 2. The van der Waals surface area contributed by atoms with Crippen LogP contribution in [-0.4, -0.2) is 9.55 Å². The fourth-order valence-electron chi connectivity index (χ4n) is 2.14. The van der Waals surface area contributed by atoms with Crippen LogP contribution in [0.15, 0.2) is 30.3 Å². The molecule has 0 spiro atoms. The van der Waals surface area contributed by atoms with Crippen LogP contribution in [0.1, 0.15) is 16.7 Å². The smallest absolute Gasteiger partial charge is 0.178 e. The van der Waals surface area contributed by atoms with Crippen LogP contribution >= 0.6 is 35.2 Å². The van der Waals surface area contributed by atoms with Gasteiger partial charge in [0.2, 0.25) is 0 Å². The van der Waals surface area contributed by atoms with E-state index in [0.29, 0.717) is 0 Å². The minimum absolute atomic E-state index is 0.732. The van der Waals surface area contributed by atoms with E-state index in [1.54, 1.807) is 0 Å². The average molecular weight is 309 g/mol. The Bertz CT molecular complexity index is 782. The highest BCUT2D eigenvalue weighted by Crippen LogP contribution is 2.23. The Morgan fingerprint density at radius 1 is 1.26 bits per heavy atom. The number of halogens is 1. The number of nitrogens with one attached hydrogen (secondary N) is 1. The van der Waals surface area contributed by atoms with E-state index >= 15 is 0 Å². The van der Waals surface area contributed by atoms with Gasteiger partial charge in [0.25, 0.3) is 0 Å². The van der Waals surface area contributed by atoms with Crippen molar-refractivity contribution in [1.29, 1.82) is 0 Å². The Morgan fingerprint density at radius 3 is 2.79 bits per heavy atom. The number of imidazole rings is 1. The van der Waals surface area contributed by atoms with Crippen LogP contribution in [0.3, 0.4) is 0 Å². The Kier molecular flexibility index (Phi) is 3.48. The summed E-state index contributed by atoms with van der Waals surface area (Å²) < 4.78 is 2.84. The van der Waals surface area contributed by atoms with Gasteiger partial charge in [0.05, 0.1) is 17.6 Å². The number of aryl methyl sites for hydroxylation is 1. The lowest BCUT2D eigenvalue weighted by Crippen LogP contribution is -1.97. The van der Waals surface area contributed by atoms with Crippen molar-refractivity contribution in [2.75, 3.05) is 0 Å². The predicted molar refractivity (Wildman–Crippen MR) is 84.9 cm³/mol. The maximum atomic E-state index is 6.07. The summed E-state index contributed by atoms with van der Waals surface area (Å²) in [7, 11) is 0. The molecular weight excluding hydrogens is 296 g/mol. The Hall–Kier alpha value is -1.10. The molecule has 0 aliphatic heterocycles. The summed E-state index contributed by atoms with van der Waals surface area (Å²) >= 11 is 13.3. The van der Waals surface area contributed by atoms with Gasteiger partial charge in [0, 0.05) is 14.8 Å². The molecule has 0 saturated heterocycles. The highest BCUT2D eigenvalue weighted by Gasteiger charge is 2.07. The molecule has 98 valence electrons. The number of hydrogen-bond acceptors (Lipinski definition) is 2. The average Bonchev–Trinajstić information content (AvgIpc) is 2.96. The first-order chi connectivity index (χ1) is 9.17. The molecular formula is C14H13ClN2S2. The molecule has 0 atom stereocenters. The number of thiophene rings is 1. The normalized spacial score (nSPS) is 11.3. The molecule has 0 bridgehead atoms. The second-order valence-corrected chi connectivity index (χ2v) is 6.48. The predicted octanol–water partition coefficient (Wildman–Crippen LogP) is 5.02. The number of H-pyrrole nitrogens is 1. The van der Waals surface area contributed by atoms with Gasteiger partial charge in [-0.3, -0.25) is 0 Å². The van der Waals surface area contributed by atoms with Crippen molar-refractivity contribution in [3.63, 3.8) is 0 Å². The van der Waals surface area contributed by atoms with Crippen LogP contribution in [-0.2, 0) is 13.0 Å². The number of aromatic amines is 1. The van der Waals surface area contributed by atoms with E-state index in [0.717, 1.165) is 33.8 Å². The molecule has 0 amide bonds. The summed E-state index contributed by atoms with van der Waals surface area (Å²) in [6.07, 6.45) is 1.08. The number of nitrogens with zero attached hydrogens (tertiary/aromatic N) is 1. The maximum absolute atomic E-state index is 6.07. The number of hydrogen-bond donors (Lipinski definition) is 1. The van der Waals surface area contributed by atoms with Crippen molar-refractivity contribution < 1.29 is 0 Å². The second-order valence-electron chi connectivity index (χ2n) is 4.40. The summed E-state index contributed by atoms with van der Waals surface area (Å²) in [4.78, 5) is 5.94. The third-order valence-electron chi connectivity index (χ3n) is 3.12. The van der Waals surface area contributed by atoms with Crippen molar-refractivity contribution in [3.05, 3.63) is 49.9 Å². The van der Waals surface area contributed by atoms with Gasteiger partial charge in [-0.05, 0) is 49.0 Å². The lowest BCUT2D eigenvalue weighted by Gasteiger charge is -2.02. The Labute approximate surface area is 125 Å². The standard InChI is InChI=1S/C14H13ClN2S2/c1-2-10-4-5-11(19-10)8-17-13-7-9(15)3-6-12(13)16-14(17)18/h3-7H,2,8H2,1H3,(H,16,18). The quantitative estimate of drug-likeness (QED) is 0.673. The van der Waals surface area contributed by atoms with Crippen molar-refractivity contribution >= 4 is 46.2 Å². The van der Waals surface area contributed by atoms with E-state index in [1.807, 2.05) is 29.5 Å². The van der Waals surface area contributed by atoms with Crippen molar-refractivity contribution in [1.82, 2.24) is 9.55 Å². The molecule has 0 fully saturated rings. The Balaban J connectivity index is 2.06. The zero-order valence-corrected chi connectivity index (χ0v) is 12.8. The number of rotatable bonds is 3. The molecule has 1 aromatic carbocycles. The van der Waals surface area contributed by atoms with E-state index in [-0.39, 0.29) is 0 Å². The molecule has 1 N–H and O–H groups in total. The third-order valence-corrected chi connectivity index (χ3v) is 4.89. The van der Waals surface area contributed by atoms with Gasteiger partial charge in [-0.1, -0.05) is 18.5 Å². The molecule has 3 aromatic rings. The van der Waals surface area contributed by atoms with Gasteiger partial charge >= 0.3 is 0 Å². The molecule has 2 nitrogen and oxygen atoms in total. The molecule has 3 rings (SSSR count). The largest absolute Gasteiger partial charge is 0.331 e. The molecule has 0 aliphatic carbocycles. The van der Waals surface area contributed by atoms with Crippen LogP contribution in [0.4, 0.5) is 0 Å². The fourth-order valence-corrected chi connectivity index (χ4v) is 3.52. The van der Waals surface area contributed by atoms with E-state index in [9.17, 15) is 0 Å². The van der Waals surface area contributed by atoms with Crippen molar-refractivity contribution in [2.24, 2.45) is 0 Å². The summed E-state index contributed by atoms with van der Waals surface area (Å²) in [5, 5.41) is 0.732. The molecule has 0 unspecified atom stereocenters. The topological polar surface area (TPSA) is 20.7 Å². The number of benzene rings is 1. The van der Waals surface area contributed by atoms with Gasteiger partial charge in [-0.15, -0.1) is 11.3 Å². The van der Waals surface area contributed by atoms with E-state index in [1.165, 1.54) is 9.75 Å². The van der Waals surface area contributed by atoms with Crippen LogP contribution in [0.5, 0.6) is 0 Å². The van der Waals surface area contributed by atoms with Gasteiger partial charge < -0.3 is 9.55 Å². The van der Waals surface area contributed by atoms with Crippen LogP contribution in [0.2, 0.25) is 5.02 Å². The third kappa shape index (κ3) is 2.48. The van der Waals surface area contributed by atoms with E-state index < -0.39 is 0 Å². The van der Waals surface area contributed by atoms with Gasteiger partial charge in [0.1, 0.15) is 0 Å². The zero-order valence-electron chi connectivity index (χ0n) is 10.4. The summed E-state index contributed by atoms with van der Waals surface area (Å²) in [5.74, 6) is 0. The monoisotopic (exact) mass is 308 g/mol. The van der Waals surface area contributed by atoms with Crippen LogP contribution in [0, 0.1) is 4.77 Å². The van der Waals surface area contributed by atoms with Crippen molar-refractivity contribution in [2.45, 2.75) is 19.9 Å². The molecule has 0 aliphatic rings. The minimum Gasteiger partial charge on any atom is -0.331 e. The second kappa shape index (κ2) is 5.12. The van der Waals surface area contributed by atoms with Crippen molar-refractivity contribution in [3.8, 4) is 0 Å². The molecule has 2 aromatic heterocycles. The zero-order chi connectivity index (χ0) is 13.4.